The first-order chi connectivity index (χ1) is 13.1. The first-order valence-corrected chi connectivity index (χ1v) is 9.83. The zero-order valence-corrected chi connectivity index (χ0v) is 16.0. The van der Waals surface area contributed by atoms with E-state index >= 15 is 0 Å². The molecule has 1 aliphatic heterocycles. The molecule has 2 atom stereocenters. The molecule has 0 bridgehead atoms. The second-order valence-electron chi connectivity index (χ2n) is 7.69. The minimum absolute atomic E-state index is 0.00297. The molecule has 5 nitrogen and oxygen atoms in total. The summed E-state index contributed by atoms with van der Waals surface area (Å²) in [5, 5.41) is 2.90. The number of nitrogens with one attached hydrogen (secondary N) is 1. The molecule has 1 amide bonds. The molecule has 1 aliphatic carbocycles. The van der Waals surface area contributed by atoms with E-state index in [2.05, 4.69) is 27.3 Å². The fourth-order valence-corrected chi connectivity index (χ4v) is 3.69. The summed E-state index contributed by atoms with van der Waals surface area (Å²) < 4.78 is 6.16. The monoisotopic (exact) mass is 365 g/mol. The third kappa shape index (κ3) is 4.41. The third-order valence-electron chi connectivity index (χ3n) is 5.39. The average molecular weight is 365 g/mol. The lowest BCUT2D eigenvalue weighted by molar-refractivity contribution is -0.119. The second-order valence-corrected chi connectivity index (χ2v) is 7.69. The van der Waals surface area contributed by atoms with Gasteiger partial charge >= 0.3 is 0 Å². The number of carbonyl (C=O) groups is 1. The number of ether oxygens (including phenoxy) is 1. The maximum Gasteiger partial charge on any atom is 0.217 e. The minimum atomic E-state index is -0.0207. The smallest absolute Gasteiger partial charge is 0.217 e. The van der Waals surface area contributed by atoms with Crippen LogP contribution >= 0.6 is 0 Å². The number of pyridine rings is 1. The van der Waals surface area contributed by atoms with E-state index in [0.29, 0.717) is 0 Å². The molecule has 2 aliphatic rings. The summed E-state index contributed by atoms with van der Waals surface area (Å²) in [5.41, 5.74) is 2.45. The van der Waals surface area contributed by atoms with Crippen LogP contribution in [0.5, 0.6) is 5.75 Å². The number of amides is 1. The van der Waals surface area contributed by atoms with E-state index in [-0.39, 0.29) is 18.1 Å². The predicted molar refractivity (Wildman–Crippen MR) is 106 cm³/mol. The average Bonchev–Trinajstić information content (AvgIpc) is 3.41. The van der Waals surface area contributed by atoms with Gasteiger partial charge in [-0.15, -0.1) is 0 Å². The lowest BCUT2D eigenvalue weighted by Crippen LogP contribution is -2.25. The van der Waals surface area contributed by atoms with Crippen molar-refractivity contribution in [3.8, 4) is 5.75 Å². The highest BCUT2D eigenvalue weighted by Gasteiger charge is 2.27. The van der Waals surface area contributed by atoms with Crippen molar-refractivity contribution in [3.63, 3.8) is 0 Å². The van der Waals surface area contributed by atoms with Crippen molar-refractivity contribution in [1.29, 1.82) is 0 Å². The van der Waals surface area contributed by atoms with Crippen molar-refractivity contribution in [3.05, 3.63) is 53.7 Å². The normalized spacial score (nSPS) is 20.4. The fourth-order valence-electron chi connectivity index (χ4n) is 3.69. The molecule has 2 fully saturated rings. The van der Waals surface area contributed by atoms with Crippen LogP contribution in [0.1, 0.15) is 56.2 Å². The Morgan fingerprint density at radius 2 is 1.96 bits per heavy atom. The van der Waals surface area contributed by atoms with Crippen LogP contribution in [0.4, 0.5) is 5.82 Å². The highest BCUT2D eigenvalue weighted by Crippen LogP contribution is 2.40. The number of aromatic nitrogens is 1. The summed E-state index contributed by atoms with van der Waals surface area (Å²) in [7, 11) is 0. The quantitative estimate of drug-likeness (QED) is 0.846. The van der Waals surface area contributed by atoms with Crippen molar-refractivity contribution < 1.29 is 9.53 Å². The third-order valence-corrected chi connectivity index (χ3v) is 5.39. The maximum absolute atomic E-state index is 11.2. The van der Waals surface area contributed by atoms with E-state index in [9.17, 15) is 4.79 Å². The highest BCUT2D eigenvalue weighted by atomic mass is 16.5. The van der Waals surface area contributed by atoms with Crippen molar-refractivity contribution in [2.45, 2.75) is 51.2 Å². The Labute approximate surface area is 160 Å². The molecule has 27 heavy (non-hydrogen) atoms. The molecule has 0 unspecified atom stereocenters. The molecule has 1 aromatic carbocycles. The van der Waals surface area contributed by atoms with Crippen LogP contribution < -0.4 is 15.0 Å². The van der Waals surface area contributed by atoms with Gasteiger partial charge < -0.3 is 15.0 Å². The van der Waals surface area contributed by atoms with E-state index in [0.717, 1.165) is 42.6 Å². The lowest BCUT2D eigenvalue weighted by atomic mass is 10.1. The van der Waals surface area contributed by atoms with Crippen LogP contribution in [-0.2, 0) is 4.79 Å². The Kier molecular flexibility index (Phi) is 5.01. The summed E-state index contributed by atoms with van der Waals surface area (Å²) in [6.07, 6.45) is 5.83. The van der Waals surface area contributed by atoms with Crippen molar-refractivity contribution >= 4 is 11.7 Å². The molecular formula is C22H27N3O2. The Morgan fingerprint density at radius 3 is 2.59 bits per heavy atom. The Balaban J connectivity index is 1.32. The summed E-state index contributed by atoms with van der Waals surface area (Å²) >= 11 is 0. The number of carbonyl (C=O) groups excluding carboxylic acids is 1. The standard InChI is InChI=1S/C22H27N3O2/c1-15(24-16(2)26)17-5-8-20(9-6-17)27-21-11-12-25(14-21)22-10-7-19(13-23-22)18-3-4-18/h5-10,13,15,18,21H,3-4,11-12,14H2,1-2H3,(H,24,26)/t15-,21+/m0/s1. The largest absolute Gasteiger partial charge is 0.489 e. The molecule has 4 rings (SSSR count). The van der Waals surface area contributed by atoms with Gasteiger partial charge in [0.05, 0.1) is 12.6 Å². The summed E-state index contributed by atoms with van der Waals surface area (Å²) in [6, 6.07) is 12.4. The molecule has 0 radical (unpaired) electrons. The topological polar surface area (TPSA) is 54.5 Å². The van der Waals surface area contributed by atoms with Crippen molar-refractivity contribution in [1.82, 2.24) is 10.3 Å². The molecule has 2 aromatic rings. The number of anilines is 1. The van der Waals surface area contributed by atoms with E-state index in [4.69, 9.17) is 4.74 Å². The van der Waals surface area contributed by atoms with Crippen LogP contribution in [0.25, 0.3) is 0 Å². The summed E-state index contributed by atoms with van der Waals surface area (Å²) in [5.74, 6) is 2.65. The van der Waals surface area contributed by atoms with Gasteiger partial charge in [0.1, 0.15) is 17.7 Å². The molecule has 2 heterocycles. The Morgan fingerprint density at radius 1 is 1.19 bits per heavy atom. The van der Waals surface area contributed by atoms with Gasteiger partial charge in [0.2, 0.25) is 5.91 Å². The predicted octanol–water partition coefficient (Wildman–Crippen LogP) is 3.81. The van der Waals surface area contributed by atoms with E-state index in [1.54, 1.807) is 0 Å². The van der Waals surface area contributed by atoms with Gasteiger partial charge in [0.25, 0.3) is 0 Å². The molecule has 142 valence electrons. The summed E-state index contributed by atoms with van der Waals surface area (Å²) in [4.78, 5) is 18.1. The van der Waals surface area contributed by atoms with Gasteiger partial charge in [-0.3, -0.25) is 4.79 Å². The summed E-state index contributed by atoms with van der Waals surface area (Å²) in [6.45, 7) is 5.35. The number of rotatable bonds is 6. The number of hydrogen-bond acceptors (Lipinski definition) is 4. The minimum Gasteiger partial charge on any atom is -0.489 e. The second kappa shape index (κ2) is 7.59. The Hall–Kier alpha value is -2.56. The van der Waals surface area contributed by atoms with Gasteiger partial charge in [-0.1, -0.05) is 18.2 Å². The van der Waals surface area contributed by atoms with Crippen molar-refractivity contribution in [2.75, 3.05) is 18.0 Å². The molecule has 5 heteroatoms. The molecule has 1 N–H and O–H groups in total. The molecule has 1 saturated heterocycles. The SMILES string of the molecule is CC(=O)N[C@@H](C)c1ccc(O[C@@H]2CCN(c3ccc(C4CC4)cn3)C2)cc1. The van der Waals surface area contributed by atoms with Crippen molar-refractivity contribution in [2.24, 2.45) is 0 Å². The molecule has 1 saturated carbocycles. The molecular weight excluding hydrogens is 338 g/mol. The van der Waals surface area contributed by atoms with Gasteiger partial charge in [-0.2, -0.15) is 0 Å². The lowest BCUT2D eigenvalue weighted by Gasteiger charge is -2.19. The first-order valence-electron chi connectivity index (χ1n) is 9.83. The van der Waals surface area contributed by atoms with Crippen LogP contribution in [0.3, 0.4) is 0 Å². The van der Waals surface area contributed by atoms with E-state index < -0.39 is 0 Å². The first kappa shape index (κ1) is 17.8. The number of benzene rings is 1. The highest BCUT2D eigenvalue weighted by molar-refractivity contribution is 5.73. The number of nitrogens with zero attached hydrogens (tertiary/aromatic N) is 2. The van der Waals surface area contributed by atoms with Gasteiger partial charge in [-0.25, -0.2) is 4.98 Å². The van der Waals surface area contributed by atoms with E-state index in [1.165, 1.54) is 25.3 Å². The Bertz CT molecular complexity index is 784. The maximum atomic E-state index is 11.2. The van der Waals surface area contributed by atoms with Crippen LogP contribution in [0.2, 0.25) is 0 Å². The van der Waals surface area contributed by atoms with Crippen LogP contribution in [-0.4, -0.2) is 30.1 Å². The molecule has 1 aromatic heterocycles. The zero-order chi connectivity index (χ0) is 18.8. The number of hydrogen-bond donors (Lipinski definition) is 1. The van der Waals surface area contributed by atoms with Gasteiger partial charge in [-0.05, 0) is 55.0 Å². The van der Waals surface area contributed by atoms with E-state index in [1.807, 2.05) is 37.4 Å². The zero-order valence-electron chi connectivity index (χ0n) is 16.0. The van der Waals surface area contributed by atoms with Crippen LogP contribution in [0, 0.1) is 0 Å². The fraction of sp³-hybridized carbons (Fsp3) is 0.455. The van der Waals surface area contributed by atoms with Gasteiger partial charge in [0.15, 0.2) is 0 Å². The molecule has 0 spiro atoms. The van der Waals surface area contributed by atoms with Gasteiger partial charge in [0, 0.05) is 26.1 Å². The van der Waals surface area contributed by atoms with Crippen LogP contribution in [0.15, 0.2) is 42.6 Å².